The van der Waals surface area contributed by atoms with Crippen LogP contribution in [0.3, 0.4) is 0 Å². The van der Waals surface area contributed by atoms with Crippen LogP contribution in [0.15, 0.2) is 24.5 Å². The molecule has 0 fully saturated rings. The summed E-state index contributed by atoms with van der Waals surface area (Å²) in [4.78, 5) is 8.89. The molecule has 0 aliphatic carbocycles. The molecular formula is C22H39NO2. The summed E-state index contributed by atoms with van der Waals surface area (Å²) in [6, 6.07) is 4.56. The summed E-state index contributed by atoms with van der Waals surface area (Å²) in [7, 11) is 0. The molecule has 0 radical (unpaired) electrons. The molecule has 0 spiro atoms. The monoisotopic (exact) mass is 349 g/mol. The van der Waals surface area contributed by atoms with Gasteiger partial charge in [0.15, 0.2) is 12.4 Å². The number of pyridine rings is 1. The summed E-state index contributed by atoms with van der Waals surface area (Å²) in [5.41, 5.74) is 1.47. The molecule has 0 unspecified atom stereocenters. The van der Waals surface area contributed by atoms with E-state index in [1.807, 2.05) is 0 Å². The number of carboxylic acid groups (broad SMARTS) is 1. The quantitative estimate of drug-likeness (QED) is 0.386. The van der Waals surface area contributed by atoms with Gasteiger partial charge in [-0.1, -0.05) is 71.6 Å². The van der Waals surface area contributed by atoms with E-state index >= 15 is 0 Å². The van der Waals surface area contributed by atoms with Gasteiger partial charge in [0, 0.05) is 24.5 Å². The van der Waals surface area contributed by atoms with Crippen molar-refractivity contribution in [1.82, 2.24) is 0 Å². The third kappa shape index (κ3) is 17.2. The van der Waals surface area contributed by atoms with Crippen LogP contribution in [0.5, 0.6) is 0 Å². The Hall–Kier alpha value is -1.38. The molecule has 3 heteroatoms. The van der Waals surface area contributed by atoms with Gasteiger partial charge in [-0.05, 0) is 25.3 Å². The Morgan fingerprint density at radius 2 is 1.28 bits per heavy atom. The highest BCUT2D eigenvalue weighted by atomic mass is 16.4. The van der Waals surface area contributed by atoms with E-state index in [2.05, 4.69) is 42.9 Å². The molecule has 25 heavy (non-hydrogen) atoms. The second-order valence-electron chi connectivity index (χ2n) is 6.87. The highest BCUT2D eigenvalue weighted by Crippen LogP contribution is 2.10. The summed E-state index contributed by atoms with van der Waals surface area (Å²) < 4.78 is 2.34. The second-order valence-corrected chi connectivity index (χ2v) is 6.87. The largest absolute Gasteiger partial charge is 0.550 e. The van der Waals surface area contributed by atoms with Crippen molar-refractivity contribution >= 4 is 5.97 Å². The average molecular weight is 350 g/mol. The highest BCUT2D eigenvalue weighted by molar-refractivity contribution is 5.60. The molecule has 0 saturated carbocycles. The lowest BCUT2D eigenvalue weighted by Crippen LogP contribution is -2.32. The van der Waals surface area contributed by atoms with Crippen molar-refractivity contribution in [3.05, 3.63) is 30.1 Å². The zero-order chi connectivity index (χ0) is 18.8. The summed E-state index contributed by atoms with van der Waals surface area (Å²) in [6.45, 7) is 6.68. The van der Waals surface area contributed by atoms with Gasteiger partial charge in [0.05, 0.1) is 0 Å². The normalized spacial score (nSPS) is 10.2. The number of aliphatic carboxylic acids is 1. The third-order valence-electron chi connectivity index (χ3n) is 4.27. The molecule has 3 nitrogen and oxygen atoms in total. The number of aromatic nitrogens is 1. The number of aryl methyl sites for hydroxylation is 2. The molecule has 1 aromatic rings. The topological polar surface area (TPSA) is 44.0 Å². The van der Waals surface area contributed by atoms with E-state index in [-0.39, 0.29) is 0 Å². The molecule has 1 rings (SSSR count). The molecule has 0 amide bonds. The molecule has 1 aromatic heterocycles. The van der Waals surface area contributed by atoms with Crippen LogP contribution < -0.4 is 9.67 Å². The van der Waals surface area contributed by atoms with Crippen LogP contribution in [0.25, 0.3) is 0 Å². The first kappa shape index (κ1) is 23.6. The smallest absolute Gasteiger partial charge is 0.169 e. The summed E-state index contributed by atoms with van der Waals surface area (Å²) >= 11 is 0. The van der Waals surface area contributed by atoms with Gasteiger partial charge in [-0.15, -0.1) is 0 Å². The van der Waals surface area contributed by atoms with Gasteiger partial charge >= 0.3 is 0 Å². The minimum atomic E-state index is -1.08. The maximum absolute atomic E-state index is 8.89. The number of unbranched alkanes of at least 4 members (excludes halogenated alkanes) is 9. The number of carboxylic acids is 1. The van der Waals surface area contributed by atoms with Crippen LogP contribution in [-0.4, -0.2) is 5.97 Å². The Morgan fingerprint density at radius 3 is 1.72 bits per heavy atom. The van der Waals surface area contributed by atoms with Gasteiger partial charge < -0.3 is 9.90 Å². The van der Waals surface area contributed by atoms with E-state index in [9.17, 15) is 0 Å². The van der Waals surface area contributed by atoms with Gasteiger partial charge in [0.1, 0.15) is 6.54 Å². The lowest BCUT2D eigenvalue weighted by atomic mass is 10.1. The molecule has 0 aliphatic heterocycles. The first-order chi connectivity index (χ1) is 12.1. The predicted octanol–water partition coefficient (Wildman–Crippen LogP) is 4.60. The maximum atomic E-state index is 8.89. The summed E-state index contributed by atoms with van der Waals surface area (Å²) in [5, 5.41) is 8.89. The Balaban J connectivity index is 0.00000129. The maximum Gasteiger partial charge on any atom is 0.169 e. The lowest BCUT2D eigenvalue weighted by Gasteiger charge is -2.02. The molecular weight excluding hydrogens is 310 g/mol. The van der Waals surface area contributed by atoms with Crippen molar-refractivity contribution < 1.29 is 14.5 Å². The molecule has 144 valence electrons. The summed E-state index contributed by atoms with van der Waals surface area (Å²) in [5.74, 6) is -1.08. The van der Waals surface area contributed by atoms with E-state index in [0.29, 0.717) is 0 Å². The third-order valence-corrected chi connectivity index (χ3v) is 4.27. The fraction of sp³-hybridized carbons (Fsp3) is 0.727. The van der Waals surface area contributed by atoms with Crippen LogP contribution >= 0.6 is 0 Å². The molecule has 0 N–H and O–H groups in total. The zero-order valence-corrected chi connectivity index (χ0v) is 16.8. The van der Waals surface area contributed by atoms with Crippen molar-refractivity contribution in [3.63, 3.8) is 0 Å². The SMILES string of the molecule is CC(=O)[O-].CCCCCCCCCCCC[n+]1ccc(CCC)cc1. The number of carbonyl (C=O) groups is 1. The Labute approximate surface area is 155 Å². The van der Waals surface area contributed by atoms with Crippen molar-refractivity contribution in [2.24, 2.45) is 0 Å². The minimum absolute atomic E-state index is 0.972. The van der Waals surface area contributed by atoms with Crippen LogP contribution in [0, 0.1) is 0 Å². The van der Waals surface area contributed by atoms with E-state index in [1.54, 1.807) is 0 Å². The van der Waals surface area contributed by atoms with E-state index in [4.69, 9.17) is 9.90 Å². The van der Waals surface area contributed by atoms with Gasteiger partial charge in [0.2, 0.25) is 0 Å². The van der Waals surface area contributed by atoms with Gasteiger partial charge in [-0.2, -0.15) is 0 Å². The van der Waals surface area contributed by atoms with Crippen molar-refractivity contribution in [3.8, 4) is 0 Å². The predicted molar refractivity (Wildman–Crippen MR) is 103 cm³/mol. The number of hydrogen-bond donors (Lipinski definition) is 0. The number of nitrogens with zero attached hydrogens (tertiary/aromatic N) is 1. The van der Waals surface area contributed by atoms with Crippen LogP contribution in [0.1, 0.15) is 97.0 Å². The van der Waals surface area contributed by atoms with Crippen LogP contribution in [0.4, 0.5) is 0 Å². The van der Waals surface area contributed by atoms with Crippen molar-refractivity contribution in [2.75, 3.05) is 0 Å². The second kappa shape index (κ2) is 17.4. The first-order valence-electron chi connectivity index (χ1n) is 10.3. The van der Waals surface area contributed by atoms with E-state index in [1.165, 1.54) is 89.2 Å². The fourth-order valence-corrected chi connectivity index (χ4v) is 2.87. The standard InChI is InChI=1S/C20H36N.C2H4O2/c1-3-5-6-7-8-9-10-11-12-13-17-21-18-15-20(14-4-2)16-19-21;1-2(3)4/h15-16,18-19H,3-14,17H2,1-2H3;1H3,(H,3,4)/q+1;/p-1. The molecule has 0 aliphatic rings. The van der Waals surface area contributed by atoms with E-state index in [0.717, 1.165) is 6.92 Å². The Bertz CT molecular complexity index is 411. The molecule has 1 heterocycles. The fourth-order valence-electron chi connectivity index (χ4n) is 2.87. The van der Waals surface area contributed by atoms with Crippen molar-refractivity contribution in [2.45, 2.75) is 104 Å². The summed E-state index contributed by atoms with van der Waals surface area (Å²) in [6.07, 6.45) is 21.1. The first-order valence-corrected chi connectivity index (χ1v) is 10.3. The average Bonchev–Trinajstić information content (AvgIpc) is 2.58. The van der Waals surface area contributed by atoms with Crippen LogP contribution in [0.2, 0.25) is 0 Å². The minimum Gasteiger partial charge on any atom is -0.550 e. The lowest BCUT2D eigenvalue weighted by molar-refractivity contribution is -0.697. The van der Waals surface area contributed by atoms with Gasteiger partial charge in [-0.3, -0.25) is 0 Å². The Kier molecular flexibility index (Phi) is 16.5. The number of hydrogen-bond acceptors (Lipinski definition) is 2. The molecule has 0 bridgehead atoms. The van der Waals surface area contributed by atoms with Crippen molar-refractivity contribution in [1.29, 1.82) is 0 Å². The molecule has 0 saturated heterocycles. The molecule has 0 atom stereocenters. The zero-order valence-electron chi connectivity index (χ0n) is 16.8. The van der Waals surface area contributed by atoms with Gasteiger partial charge in [-0.25, -0.2) is 4.57 Å². The number of rotatable bonds is 13. The number of carbonyl (C=O) groups excluding carboxylic acids is 1. The Morgan fingerprint density at radius 1 is 0.840 bits per heavy atom. The molecule has 0 aromatic carbocycles. The van der Waals surface area contributed by atoms with Gasteiger partial charge in [0.25, 0.3) is 0 Å². The van der Waals surface area contributed by atoms with Crippen LogP contribution in [-0.2, 0) is 17.8 Å². The highest BCUT2D eigenvalue weighted by Gasteiger charge is 2.00. The van der Waals surface area contributed by atoms with E-state index < -0.39 is 5.97 Å².